The molecule has 3 aromatic rings. The van der Waals surface area contributed by atoms with Crippen LogP contribution in [0.4, 0.5) is 0 Å². The van der Waals surface area contributed by atoms with Gasteiger partial charge in [0.25, 0.3) is 0 Å². The maximum Gasteiger partial charge on any atom is 0.340 e. The Kier molecular flexibility index (Phi) is 6.23. The van der Waals surface area contributed by atoms with Gasteiger partial charge in [-0.15, -0.1) is 10.2 Å². The Balaban J connectivity index is 1.74. The molecule has 1 aliphatic rings. The molecule has 0 atom stereocenters. The molecule has 3 heterocycles. The summed E-state index contributed by atoms with van der Waals surface area (Å²) >= 11 is 1.49. The smallest absolute Gasteiger partial charge is 0.340 e. The van der Waals surface area contributed by atoms with E-state index in [2.05, 4.69) is 48.1 Å². The van der Waals surface area contributed by atoms with Crippen molar-refractivity contribution in [2.45, 2.75) is 38.3 Å². The van der Waals surface area contributed by atoms with E-state index < -0.39 is 5.97 Å². The highest BCUT2D eigenvalue weighted by Gasteiger charge is 2.26. The SMILES string of the molecule is CCOC(=O)/C(=C/c1cccnc1)C1=Nn2c(nnc2-c2ccc(C(C)(C)C)cc2)SC1. The summed E-state index contributed by atoms with van der Waals surface area (Å²) in [7, 11) is 0. The third kappa shape index (κ3) is 4.65. The molecule has 164 valence electrons. The Bertz CT molecular complexity index is 1180. The number of carbonyl (C=O) groups is 1. The molecule has 0 spiro atoms. The lowest BCUT2D eigenvalue weighted by Crippen LogP contribution is -2.21. The molecular formula is C24H25N5O2S. The average Bonchev–Trinajstić information content (AvgIpc) is 3.21. The van der Waals surface area contributed by atoms with E-state index in [4.69, 9.17) is 9.84 Å². The summed E-state index contributed by atoms with van der Waals surface area (Å²) in [6.45, 7) is 8.61. The molecule has 0 radical (unpaired) electrons. The predicted octanol–water partition coefficient (Wildman–Crippen LogP) is 4.59. The van der Waals surface area contributed by atoms with Crippen molar-refractivity contribution in [2.24, 2.45) is 5.10 Å². The second kappa shape index (κ2) is 9.08. The number of ether oxygens (including phenoxy) is 1. The Morgan fingerprint density at radius 1 is 1.19 bits per heavy atom. The number of carbonyl (C=O) groups excluding carboxylic acids is 1. The molecule has 0 bridgehead atoms. The quantitative estimate of drug-likeness (QED) is 0.420. The van der Waals surface area contributed by atoms with E-state index in [1.807, 2.05) is 24.3 Å². The number of hydrogen-bond acceptors (Lipinski definition) is 7. The van der Waals surface area contributed by atoms with E-state index in [0.717, 1.165) is 11.1 Å². The van der Waals surface area contributed by atoms with Crippen LogP contribution in [0.25, 0.3) is 17.5 Å². The second-order valence-electron chi connectivity index (χ2n) is 8.35. The monoisotopic (exact) mass is 447 g/mol. The van der Waals surface area contributed by atoms with Crippen LogP contribution in [0.2, 0.25) is 0 Å². The van der Waals surface area contributed by atoms with Crippen molar-refractivity contribution in [3.8, 4) is 11.4 Å². The first kappa shape index (κ1) is 22.0. The minimum Gasteiger partial charge on any atom is -0.462 e. The zero-order valence-electron chi connectivity index (χ0n) is 18.6. The van der Waals surface area contributed by atoms with Gasteiger partial charge in [-0.3, -0.25) is 4.98 Å². The minimum absolute atomic E-state index is 0.0651. The molecule has 0 unspecified atom stereocenters. The van der Waals surface area contributed by atoms with Gasteiger partial charge < -0.3 is 4.74 Å². The van der Waals surface area contributed by atoms with Crippen molar-refractivity contribution in [3.05, 3.63) is 65.5 Å². The zero-order chi connectivity index (χ0) is 22.7. The molecule has 0 saturated heterocycles. The number of fused-ring (bicyclic) bond motifs is 1. The summed E-state index contributed by atoms with van der Waals surface area (Å²) in [6, 6.07) is 12.0. The lowest BCUT2D eigenvalue weighted by molar-refractivity contribution is -0.137. The lowest BCUT2D eigenvalue weighted by atomic mass is 9.87. The van der Waals surface area contributed by atoms with Crippen LogP contribution < -0.4 is 0 Å². The van der Waals surface area contributed by atoms with Crippen LogP contribution >= 0.6 is 11.8 Å². The number of aromatic nitrogens is 4. The van der Waals surface area contributed by atoms with Gasteiger partial charge in [-0.2, -0.15) is 9.78 Å². The van der Waals surface area contributed by atoms with E-state index in [-0.39, 0.29) is 12.0 Å². The van der Waals surface area contributed by atoms with Crippen LogP contribution in [0.15, 0.2) is 64.6 Å². The van der Waals surface area contributed by atoms with Gasteiger partial charge in [-0.25, -0.2) is 4.79 Å². The van der Waals surface area contributed by atoms with Crippen molar-refractivity contribution in [1.29, 1.82) is 0 Å². The average molecular weight is 448 g/mol. The van der Waals surface area contributed by atoms with Gasteiger partial charge in [0.2, 0.25) is 5.16 Å². The first-order valence-corrected chi connectivity index (χ1v) is 11.4. The van der Waals surface area contributed by atoms with Crippen molar-refractivity contribution < 1.29 is 9.53 Å². The topological polar surface area (TPSA) is 82.3 Å². The molecule has 8 heteroatoms. The number of pyridine rings is 1. The van der Waals surface area contributed by atoms with E-state index in [9.17, 15) is 4.79 Å². The maximum absolute atomic E-state index is 12.7. The van der Waals surface area contributed by atoms with Gasteiger partial charge >= 0.3 is 5.97 Å². The molecular weight excluding hydrogens is 422 g/mol. The van der Waals surface area contributed by atoms with Crippen LogP contribution in [0.1, 0.15) is 38.8 Å². The van der Waals surface area contributed by atoms with Gasteiger partial charge in [-0.1, -0.05) is 62.9 Å². The largest absolute Gasteiger partial charge is 0.462 e. The molecule has 0 N–H and O–H groups in total. The molecule has 1 aliphatic heterocycles. The number of benzene rings is 1. The van der Waals surface area contributed by atoms with Crippen LogP contribution in [-0.4, -0.2) is 43.9 Å². The first-order valence-electron chi connectivity index (χ1n) is 10.4. The number of esters is 1. The highest BCUT2D eigenvalue weighted by atomic mass is 32.2. The minimum atomic E-state index is -0.414. The fraction of sp³-hybridized carbons (Fsp3) is 0.292. The Morgan fingerprint density at radius 3 is 2.62 bits per heavy atom. The van der Waals surface area contributed by atoms with Crippen molar-refractivity contribution in [2.75, 3.05) is 12.4 Å². The number of rotatable bonds is 5. The number of nitrogens with zero attached hydrogens (tertiary/aromatic N) is 5. The molecule has 0 amide bonds. The van der Waals surface area contributed by atoms with Gasteiger partial charge in [0, 0.05) is 23.7 Å². The molecule has 7 nitrogen and oxygen atoms in total. The normalized spacial score (nSPS) is 14.0. The molecule has 32 heavy (non-hydrogen) atoms. The Hall–Kier alpha value is -3.26. The molecule has 4 rings (SSSR count). The van der Waals surface area contributed by atoms with Crippen molar-refractivity contribution in [3.63, 3.8) is 0 Å². The van der Waals surface area contributed by atoms with Crippen LogP contribution in [0, 0.1) is 0 Å². The first-order chi connectivity index (χ1) is 15.4. The fourth-order valence-corrected chi connectivity index (χ4v) is 4.08. The van der Waals surface area contributed by atoms with Crippen LogP contribution in [-0.2, 0) is 14.9 Å². The zero-order valence-corrected chi connectivity index (χ0v) is 19.4. The lowest BCUT2D eigenvalue weighted by Gasteiger charge is -2.19. The van der Waals surface area contributed by atoms with Crippen molar-refractivity contribution >= 4 is 29.5 Å². The summed E-state index contributed by atoms with van der Waals surface area (Å²) < 4.78 is 7.00. The van der Waals surface area contributed by atoms with Gasteiger partial charge in [-0.05, 0) is 35.6 Å². The third-order valence-corrected chi connectivity index (χ3v) is 5.91. The fourth-order valence-electron chi connectivity index (χ4n) is 3.26. The van der Waals surface area contributed by atoms with E-state index in [1.165, 1.54) is 17.3 Å². The van der Waals surface area contributed by atoms with Gasteiger partial charge in [0.1, 0.15) is 0 Å². The molecule has 2 aromatic heterocycles. The summed E-state index contributed by atoms with van der Waals surface area (Å²) in [5.74, 6) is 0.712. The third-order valence-electron chi connectivity index (χ3n) is 4.98. The highest BCUT2D eigenvalue weighted by molar-refractivity contribution is 7.99. The highest BCUT2D eigenvalue weighted by Crippen LogP contribution is 2.30. The predicted molar refractivity (Wildman–Crippen MR) is 127 cm³/mol. The molecule has 0 fully saturated rings. The number of hydrogen-bond donors (Lipinski definition) is 0. The van der Waals surface area contributed by atoms with E-state index >= 15 is 0 Å². The molecule has 0 aliphatic carbocycles. The summed E-state index contributed by atoms with van der Waals surface area (Å²) in [5.41, 5.74) is 4.03. The Labute approximate surface area is 191 Å². The van der Waals surface area contributed by atoms with Crippen LogP contribution in [0.3, 0.4) is 0 Å². The van der Waals surface area contributed by atoms with Gasteiger partial charge in [0.05, 0.1) is 17.9 Å². The summed E-state index contributed by atoms with van der Waals surface area (Å²) in [4.78, 5) is 16.9. The summed E-state index contributed by atoms with van der Waals surface area (Å²) in [6.07, 6.45) is 5.15. The second-order valence-corrected chi connectivity index (χ2v) is 9.29. The maximum atomic E-state index is 12.7. The van der Waals surface area contributed by atoms with E-state index in [0.29, 0.717) is 28.0 Å². The van der Waals surface area contributed by atoms with E-state index in [1.54, 1.807) is 30.1 Å². The standard InChI is InChI=1S/C24H25N5O2S/c1-5-31-22(30)19(13-16-7-6-12-25-14-16)20-15-32-23-27-26-21(29(23)28-20)17-8-10-18(11-9-17)24(2,3)4/h6-14H,5,15H2,1-4H3/b19-13+. The number of thioether (sulfide) groups is 1. The van der Waals surface area contributed by atoms with Crippen molar-refractivity contribution in [1.82, 2.24) is 19.9 Å². The van der Waals surface area contributed by atoms with Crippen LogP contribution in [0.5, 0.6) is 0 Å². The summed E-state index contributed by atoms with van der Waals surface area (Å²) in [5, 5.41) is 14.1. The molecule has 0 saturated carbocycles. The molecule has 1 aromatic carbocycles. The van der Waals surface area contributed by atoms with Gasteiger partial charge in [0.15, 0.2) is 5.82 Å². The Morgan fingerprint density at radius 2 is 1.97 bits per heavy atom.